The van der Waals surface area contributed by atoms with Crippen LogP contribution in [0.3, 0.4) is 0 Å². The molecule has 0 aliphatic carbocycles. The smallest absolute Gasteiger partial charge is 0.246 e. The Morgan fingerprint density at radius 3 is 2.58 bits per heavy atom. The summed E-state index contributed by atoms with van der Waals surface area (Å²) in [6, 6.07) is -0.440. The molecule has 1 rings (SSSR count). The van der Waals surface area contributed by atoms with Gasteiger partial charge < -0.3 is 15.0 Å². The Hall–Kier alpha value is -1.10. The fourth-order valence-corrected chi connectivity index (χ4v) is 2.00. The zero-order valence-corrected chi connectivity index (χ0v) is 12.5. The largest absolute Gasteiger partial charge is 0.380 e. The Bertz CT molecular complexity index is 323. The number of nitrogens with one attached hydrogen (secondary N) is 1. The predicted octanol–water partition coefficient (Wildman–Crippen LogP) is 1.18. The molecule has 0 aromatic carbocycles. The second-order valence-corrected chi connectivity index (χ2v) is 6.09. The normalized spacial score (nSPS) is 20.6. The molecule has 0 saturated carbocycles. The van der Waals surface area contributed by atoms with E-state index in [1.54, 1.807) is 4.90 Å². The van der Waals surface area contributed by atoms with Gasteiger partial charge in [0.25, 0.3) is 0 Å². The van der Waals surface area contributed by atoms with E-state index < -0.39 is 6.04 Å². The van der Waals surface area contributed by atoms with E-state index in [0.717, 1.165) is 12.8 Å². The summed E-state index contributed by atoms with van der Waals surface area (Å²) in [4.78, 5) is 25.6. The van der Waals surface area contributed by atoms with Crippen LogP contribution in [0.2, 0.25) is 0 Å². The van der Waals surface area contributed by atoms with Crippen molar-refractivity contribution in [3.8, 4) is 0 Å². The van der Waals surface area contributed by atoms with Crippen molar-refractivity contribution in [2.24, 2.45) is 5.41 Å². The van der Waals surface area contributed by atoms with Crippen molar-refractivity contribution in [1.82, 2.24) is 10.2 Å². The van der Waals surface area contributed by atoms with Gasteiger partial charge in [0.15, 0.2) is 0 Å². The van der Waals surface area contributed by atoms with E-state index in [-0.39, 0.29) is 23.8 Å². The lowest BCUT2D eigenvalue weighted by Crippen LogP contribution is -2.62. The number of amides is 2. The first-order valence-corrected chi connectivity index (χ1v) is 7.02. The highest BCUT2D eigenvalue weighted by atomic mass is 16.5. The zero-order chi connectivity index (χ0) is 14.5. The van der Waals surface area contributed by atoms with Crippen molar-refractivity contribution in [2.45, 2.75) is 46.6 Å². The topological polar surface area (TPSA) is 58.6 Å². The lowest BCUT2D eigenvalue weighted by atomic mass is 9.85. The molecule has 0 bridgehead atoms. The van der Waals surface area contributed by atoms with Crippen LogP contribution in [0.5, 0.6) is 0 Å². The summed E-state index contributed by atoms with van der Waals surface area (Å²) in [6.45, 7) is 9.81. The number of unbranched alkanes of at least 4 members (excludes halogenated alkanes) is 1. The maximum absolute atomic E-state index is 12.3. The van der Waals surface area contributed by atoms with E-state index in [9.17, 15) is 9.59 Å². The molecule has 2 amide bonds. The molecule has 1 N–H and O–H groups in total. The van der Waals surface area contributed by atoms with Crippen molar-refractivity contribution in [2.75, 3.05) is 26.3 Å². The summed E-state index contributed by atoms with van der Waals surface area (Å²) in [6.07, 6.45) is 2.12. The molecular weight excluding hydrogens is 244 g/mol. The van der Waals surface area contributed by atoms with Crippen LogP contribution in [0.25, 0.3) is 0 Å². The van der Waals surface area contributed by atoms with Crippen molar-refractivity contribution in [1.29, 1.82) is 0 Å². The third kappa shape index (κ3) is 4.82. The molecule has 0 radical (unpaired) electrons. The van der Waals surface area contributed by atoms with E-state index >= 15 is 0 Å². The summed E-state index contributed by atoms with van der Waals surface area (Å²) in [7, 11) is 0. The Labute approximate surface area is 115 Å². The zero-order valence-electron chi connectivity index (χ0n) is 12.5. The Kier molecular flexibility index (Phi) is 5.79. The van der Waals surface area contributed by atoms with E-state index in [1.807, 2.05) is 20.8 Å². The lowest BCUT2D eigenvalue weighted by molar-refractivity contribution is -0.148. The molecule has 1 aliphatic rings. The van der Waals surface area contributed by atoms with Gasteiger partial charge in [-0.1, -0.05) is 34.1 Å². The summed E-state index contributed by atoms with van der Waals surface area (Å²) >= 11 is 0. The number of hydrogen-bond donors (Lipinski definition) is 1. The summed E-state index contributed by atoms with van der Waals surface area (Å²) in [5, 5.41) is 2.78. The van der Waals surface area contributed by atoms with Gasteiger partial charge in [-0.15, -0.1) is 0 Å². The number of rotatable bonds is 6. The number of ether oxygens (including phenoxy) is 1. The quantitative estimate of drug-likeness (QED) is 0.737. The molecule has 1 fully saturated rings. The van der Waals surface area contributed by atoms with Gasteiger partial charge in [0.05, 0.1) is 13.2 Å². The van der Waals surface area contributed by atoms with E-state index in [1.165, 1.54) is 0 Å². The molecule has 1 atom stereocenters. The van der Waals surface area contributed by atoms with Crippen molar-refractivity contribution in [3.05, 3.63) is 0 Å². The second-order valence-electron chi connectivity index (χ2n) is 6.09. The molecule has 5 nitrogen and oxygen atoms in total. The fraction of sp³-hybridized carbons (Fsp3) is 0.857. The number of piperazine rings is 1. The summed E-state index contributed by atoms with van der Waals surface area (Å²) < 4.78 is 5.46. The highest BCUT2D eigenvalue weighted by molar-refractivity contribution is 5.95. The fourth-order valence-electron chi connectivity index (χ4n) is 2.00. The SMILES string of the molecule is CCCCOCCN1CC(=O)NC(C(C)(C)C)C1=O. The Morgan fingerprint density at radius 1 is 1.32 bits per heavy atom. The monoisotopic (exact) mass is 270 g/mol. The van der Waals surface area contributed by atoms with Gasteiger partial charge in [-0.25, -0.2) is 0 Å². The molecule has 1 heterocycles. The maximum Gasteiger partial charge on any atom is 0.246 e. The molecule has 0 aromatic heterocycles. The van der Waals surface area contributed by atoms with Gasteiger partial charge in [0.1, 0.15) is 6.04 Å². The standard InChI is InChI=1S/C14H26N2O3/c1-5-6-8-19-9-7-16-10-11(17)15-12(13(16)18)14(2,3)4/h12H,5-10H2,1-4H3,(H,15,17). The molecule has 0 aromatic rings. The third-order valence-corrected chi connectivity index (χ3v) is 3.21. The van der Waals surface area contributed by atoms with Gasteiger partial charge in [0, 0.05) is 13.2 Å². The molecule has 1 unspecified atom stereocenters. The van der Waals surface area contributed by atoms with Crippen LogP contribution < -0.4 is 5.32 Å². The van der Waals surface area contributed by atoms with Gasteiger partial charge in [-0.05, 0) is 11.8 Å². The first kappa shape index (κ1) is 16.0. The first-order valence-electron chi connectivity index (χ1n) is 7.02. The number of nitrogens with zero attached hydrogens (tertiary/aromatic N) is 1. The predicted molar refractivity (Wildman–Crippen MR) is 73.7 cm³/mol. The first-order chi connectivity index (χ1) is 8.86. The highest BCUT2D eigenvalue weighted by Crippen LogP contribution is 2.23. The maximum atomic E-state index is 12.3. The average molecular weight is 270 g/mol. The second kappa shape index (κ2) is 6.89. The summed E-state index contributed by atoms with van der Waals surface area (Å²) in [5.41, 5.74) is -0.269. The molecular formula is C14H26N2O3. The van der Waals surface area contributed by atoms with Crippen LogP contribution in [0.1, 0.15) is 40.5 Å². The van der Waals surface area contributed by atoms with Crippen LogP contribution >= 0.6 is 0 Å². The van der Waals surface area contributed by atoms with Gasteiger partial charge in [-0.2, -0.15) is 0 Å². The van der Waals surface area contributed by atoms with Crippen molar-refractivity contribution >= 4 is 11.8 Å². The van der Waals surface area contributed by atoms with Gasteiger partial charge in [0.2, 0.25) is 11.8 Å². The van der Waals surface area contributed by atoms with E-state index in [4.69, 9.17) is 4.74 Å². The highest BCUT2D eigenvalue weighted by Gasteiger charge is 2.39. The van der Waals surface area contributed by atoms with Crippen LogP contribution in [0, 0.1) is 5.41 Å². The third-order valence-electron chi connectivity index (χ3n) is 3.21. The molecule has 1 aliphatic heterocycles. The van der Waals surface area contributed by atoms with Crippen LogP contribution in [0.15, 0.2) is 0 Å². The van der Waals surface area contributed by atoms with Crippen molar-refractivity contribution < 1.29 is 14.3 Å². The van der Waals surface area contributed by atoms with E-state index in [2.05, 4.69) is 12.2 Å². The molecule has 5 heteroatoms. The average Bonchev–Trinajstić information content (AvgIpc) is 2.31. The van der Waals surface area contributed by atoms with Gasteiger partial charge in [-0.3, -0.25) is 9.59 Å². The van der Waals surface area contributed by atoms with Gasteiger partial charge >= 0.3 is 0 Å². The lowest BCUT2D eigenvalue weighted by Gasteiger charge is -2.38. The molecule has 1 saturated heterocycles. The molecule has 0 spiro atoms. The van der Waals surface area contributed by atoms with Crippen LogP contribution in [0.4, 0.5) is 0 Å². The number of hydrogen-bond acceptors (Lipinski definition) is 3. The molecule has 110 valence electrons. The van der Waals surface area contributed by atoms with Crippen molar-refractivity contribution in [3.63, 3.8) is 0 Å². The number of carbonyl (C=O) groups is 2. The minimum absolute atomic E-state index is 0.00816. The van der Waals surface area contributed by atoms with Crippen LogP contribution in [-0.2, 0) is 14.3 Å². The Morgan fingerprint density at radius 2 is 2.00 bits per heavy atom. The summed E-state index contributed by atoms with van der Waals surface area (Å²) in [5.74, 6) is -0.0979. The Balaban J connectivity index is 2.48. The minimum Gasteiger partial charge on any atom is -0.380 e. The van der Waals surface area contributed by atoms with Crippen LogP contribution in [-0.4, -0.2) is 49.1 Å². The minimum atomic E-state index is -0.440. The van der Waals surface area contributed by atoms with E-state index in [0.29, 0.717) is 19.8 Å². The number of carbonyl (C=O) groups excluding carboxylic acids is 2. The molecule has 19 heavy (non-hydrogen) atoms.